The molecule has 0 radical (unpaired) electrons. The molecule has 0 aromatic heterocycles. The van der Waals surface area contributed by atoms with Gasteiger partial charge in [-0.25, -0.2) is 0 Å². The third kappa shape index (κ3) is 2.47. The number of benzene rings is 2. The van der Waals surface area contributed by atoms with Crippen molar-refractivity contribution < 1.29 is 12.3 Å². The van der Waals surface area contributed by atoms with Crippen molar-refractivity contribution in [1.29, 1.82) is 0 Å². The Hall–Kier alpha value is -0.790. The lowest BCUT2D eigenvalue weighted by Gasteiger charge is -2.08. The molecule has 0 nitrogen and oxygen atoms in total. The average molecular weight is 305 g/mol. The van der Waals surface area contributed by atoms with Gasteiger partial charge in [-0.15, -0.1) is 0 Å². The van der Waals surface area contributed by atoms with E-state index in [-0.39, 0.29) is 16.1 Å². The molecule has 0 aliphatic carbocycles. The van der Waals surface area contributed by atoms with Gasteiger partial charge in [-0.2, -0.15) is 0 Å². The van der Waals surface area contributed by atoms with Crippen molar-refractivity contribution in [3.05, 3.63) is 56.9 Å². The van der Waals surface area contributed by atoms with Gasteiger partial charge >= 0.3 is 0 Å². The number of halogens is 2. The maximum atomic E-state index is 8.24. The van der Waals surface area contributed by atoms with Gasteiger partial charge in [0.2, 0.25) is 0 Å². The molecule has 16 heavy (non-hydrogen) atoms. The molecule has 0 saturated heterocycles. The quantitative estimate of drug-likeness (QED) is 0.663. The summed E-state index contributed by atoms with van der Waals surface area (Å²) in [5.74, 6) is 0. The summed E-state index contributed by atoms with van der Waals surface area (Å²) in [5.41, 5.74) is -1.37. The Morgan fingerprint density at radius 2 is 1.88 bits per heavy atom. The van der Waals surface area contributed by atoms with Crippen LogP contribution in [0.4, 0.5) is 0 Å². The summed E-state index contributed by atoms with van der Waals surface area (Å²) in [6, 6.07) is 2.53. The predicted molar refractivity (Wildman–Crippen MR) is 74.1 cm³/mol. The van der Waals surface area contributed by atoms with Crippen LogP contribution in [0.1, 0.15) is 23.5 Å². The van der Waals surface area contributed by atoms with Crippen LogP contribution in [0.5, 0.6) is 0 Å². The molecular weight excluding hydrogens is 284 g/mol. The van der Waals surface area contributed by atoms with Crippen LogP contribution in [0.2, 0.25) is 5.02 Å². The Bertz CT molecular complexity index is 799. The lowest BCUT2D eigenvalue weighted by Crippen LogP contribution is -1.84. The van der Waals surface area contributed by atoms with Gasteiger partial charge < -0.3 is 0 Å². The predicted octanol–water partition coefficient (Wildman–Crippen LogP) is 5.39. The average Bonchev–Trinajstić information content (AvgIpc) is 2.39. The van der Waals surface area contributed by atoms with E-state index in [2.05, 4.69) is 15.9 Å². The van der Waals surface area contributed by atoms with Gasteiger partial charge in [0.05, 0.1) is 4.11 Å². The lowest BCUT2D eigenvalue weighted by molar-refractivity contribution is 1.38. The van der Waals surface area contributed by atoms with Crippen LogP contribution in [0, 0.1) is 13.7 Å². The lowest BCUT2D eigenvalue weighted by atomic mass is 10.0. The first-order chi connectivity index (χ1) is 11.3. The molecular formula is C14H12BrCl. The largest absolute Gasteiger partial charge is 0.0843 e. The molecule has 0 bridgehead atoms. The van der Waals surface area contributed by atoms with Crippen LogP contribution in [0.15, 0.2) is 40.8 Å². The van der Waals surface area contributed by atoms with E-state index in [0.29, 0.717) is 4.47 Å². The molecule has 0 spiro atoms. The monoisotopic (exact) mass is 303 g/mol. The van der Waals surface area contributed by atoms with E-state index in [9.17, 15) is 0 Å². The second-order valence-corrected chi connectivity index (χ2v) is 4.41. The molecule has 2 rings (SSSR count). The second kappa shape index (κ2) is 4.60. The van der Waals surface area contributed by atoms with E-state index in [0.717, 1.165) is 0 Å². The van der Waals surface area contributed by atoms with Crippen molar-refractivity contribution in [3.8, 4) is 11.1 Å². The molecule has 2 aromatic rings. The van der Waals surface area contributed by atoms with Gasteiger partial charge in [0, 0.05) is 17.7 Å². The van der Waals surface area contributed by atoms with Crippen LogP contribution in [-0.2, 0) is 0 Å². The van der Waals surface area contributed by atoms with Crippen LogP contribution in [0.25, 0.3) is 11.1 Å². The molecule has 0 amide bonds. The van der Waals surface area contributed by atoms with E-state index in [1.54, 1.807) is 12.1 Å². The zero-order chi connectivity index (χ0) is 19.3. The molecule has 0 unspecified atom stereocenters. The van der Waals surface area contributed by atoms with Gasteiger partial charge in [-0.3, -0.25) is 0 Å². The van der Waals surface area contributed by atoms with E-state index in [4.69, 9.17) is 23.9 Å². The Balaban J connectivity index is 3.06. The summed E-state index contributed by atoms with van der Waals surface area (Å²) in [6.45, 7) is -5.75. The number of hydrogen-bond acceptors (Lipinski definition) is 0. The normalized spacial score (nSPS) is 20.2. The molecule has 0 heterocycles. The molecule has 0 fully saturated rings. The van der Waals surface area contributed by atoms with Crippen molar-refractivity contribution in [1.82, 2.24) is 0 Å². The highest BCUT2D eigenvalue weighted by Gasteiger charge is 2.05. The molecule has 0 atom stereocenters. The highest BCUT2D eigenvalue weighted by Crippen LogP contribution is 2.31. The fraction of sp³-hybridized carbons (Fsp3) is 0.143. The van der Waals surface area contributed by atoms with Gasteiger partial charge in [0.25, 0.3) is 0 Å². The van der Waals surface area contributed by atoms with Crippen LogP contribution in [0.3, 0.4) is 0 Å². The van der Waals surface area contributed by atoms with Crippen molar-refractivity contribution in [2.45, 2.75) is 13.7 Å². The summed E-state index contributed by atoms with van der Waals surface area (Å²) in [4.78, 5) is 0. The third-order valence-corrected chi connectivity index (χ3v) is 2.87. The van der Waals surface area contributed by atoms with Crippen molar-refractivity contribution in [3.63, 3.8) is 0 Å². The van der Waals surface area contributed by atoms with E-state index < -0.39 is 43.0 Å². The fourth-order valence-electron chi connectivity index (χ4n) is 1.29. The molecule has 0 N–H and O–H groups in total. The molecule has 2 heteroatoms. The van der Waals surface area contributed by atoms with Gasteiger partial charge in [-0.05, 0) is 43.0 Å². The minimum atomic E-state index is -2.87. The number of rotatable bonds is 1. The third-order valence-electron chi connectivity index (χ3n) is 1.95. The van der Waals surface area contributed by atoms with Crippen LogP contribution in [-0.4, -0.2) is 0 Å². The highest BCUT2D eigenvalue weighted by molar-refractivity contribution is 9.10. The summed E-state index contributed by atoms with van der Waals surface area (Å²) in [7, 11) is 0. The molecule has 2 aromatic carbocycles. The molecule has 0 aliphatic rings. The van der Waals surface area contributed by atoms with Gasteiger partial charge in [-0.1, -0.05) is 56.8 Å². The smallest absolute Gasteiger partial charge is 0.0632 e. The number of hydrogen-bond donors (Lipinski definition) is 0. The van der Waals surface area contributed by atoms with Crippen LogP contribution < -0.4 is 0 Å². The van der Waals surface area contributed by atoms with Crippen LogP contribution >= 0.6 is 27.5 Å². The zero-order valence-corrected chi connectivity index (χ0v) is 10.3. The maximum Gasteiger partial charge on any atom is 0.0632 e. The maximum absolute atomic E-state index is 8.24. The SMILES string of the molecule is [2H]c1c(-c2cc(Cl)ccc2Br)c([2H])c(C([2H])([2H])[2H])c([2H])c1C([2H])([2H])[2H]. The van der Waals surface area contributed by atoms with Crippen molar-refractivity contribution in [2.75, 3.05) is 0 Å². The standard InChI is InChI=1S/C14H12BrCl/c1-9-5-10(2)7-11(6-9)13-8-12(16)3-4-14(13)15/h3-8H,1-2H3/i1D3,2D3,5D,6D,7D. The molecule has 82 valence electrons. The Kier molecular flexibility index (Phi) is 1.39. The highest BCUT2D eigenvalue weighted by atomic mass is 79.9. The Morgan fingerprint density at radius 3 is 2.50 bits per heavy atom. The Morgan fingerprint density at radius 1 is 1.19 bits per heavy atom. The van der Waals surface area contributed by atoms with Gasteiger partial charge in [0.15, 0.2) is 0 Å². The van der Waals surface area contributed by atoms with E-state index in [1.165, 1.54) is 6.07 Å². The summed E-state index contributed by atoms with van der Waals surface area (Å²) < 4.78 is 70.5. The zero-order valence-electron chi connectivity index (χ0n) is 17.0. The summed E-state index contributed by atoms with van der Waals surface area (Å²) in [5, 5.41) is 0.276. The first-order valence-corrected chi connectivity index (χ1v) is 5.54. The second-order valence-electron chi connectivity index (χ2n) is 3.12. The Labute approximate surface area is 122 Å². The minimum absolute atomic E-state index is 0.192. The van der Waals surface area contributed by atoms with Gasteiger partial charge in [0.1, 0.15) is 0 Å². The fourth-order valence-corrected chi connectivity index (χ4v) is 1.91. The first kappa shape index (κ1) is 4.83. The summed E-state index contributed by atoms with van der Waals surface area (Å²) >= 11 is 9.21. The van der Waals surface area contributed by atoms with E-state index in [1.807, 2.05) is 0 Å². The molecule has 0 aliphatic heterocycles. The summed E-state index contributed by atoms with van der Waals surface area (Å²) in [6.07, 6.45) is 0. The van der Waals surface area contributed by atoms with E-state index >= 15 is 0 Å². The van der Waals surface area contributed by atoms with Crippen molar-refractivity contribution in [2.24, 2.45) is 0 Å². The minimum Gasteiger partial charge on any atom is -0.0843 e. The first-order valence-electron chi connectivity index (χ1n) is 8.87. The molecule has 0 saturated carbocycles. The van der Waals surface area contributed by atoms with Crippen molar-refractivity contribution >= 4 is 27.5 Å². The topological polar surface area (TPSA) is 0 Å².